The molecule has 0 radical (unpaired) electrons. The fourth-order valence-electron chi connectivity index (χ4n) is 2.24. The number of nitrogens with two attached hydrogens (primary N) is 1. The maximum Gasteiger partial charge on any atom is 0.238 e. The molecule has 5 nitrogen and oxygen atoms in total. The number of aliphatic hydroxyl groups excluding tert-OH is 1. The van der Waals surface area contributed by atoms with Crippen LogP contribution in [0.4, 0.5) is 11.4 Å². The van der Waals surface area contributed by atoms with Crippen molar-refractivity contribution in [2.75, 3.05) is 37.3 Å². The summed E-state index contributed by atoms with van der Waals surface area (Å²) in [5, 5.41) is 12.4. The van der Waals surface area contributed by atoms with Gasteiger partial charge in [-0.25, -0.2) is 0 Å². The molecule has 19 heavy (non-hydrogen) atoms. The fraction of sp³-hybridized carbons (Fsp3) is 0.462. The summed E-state index contributed by atoms with van der Waals surface area (Å²) in [6, 6.07) is 4.98. The maximum absolute atomic E-state index is 11.9. The van der Waals surface area contributed by atoms with Gasteiger partial charge in [-0.1, -0.05) is 11.6 Å². The van der Waals surface area contributed by atoms with Gasteiger partial charge in [0.2, 0.25) is 5.91 Å². The second-order valence-corrected chi connectivity index (χ2v) is 5.29. The van der Waals surface area contributed by atoms with E-state index in [2.05, 4.69) is 5.32 Å². The lowest BCUT2D eigenvalue weighted by Crippen LogP contribution is -2.32. The SMILES string of the molecule is Nc1ccc(Cl)cc1NC(=O)CN1CCC(CO)C1. The molecule has 1 aromatic carbocycles. The molecule has 1 unspecified atom stereocenters. The van der Waals surface area contributed by atoms with Crippen LogP contribution < -0.4 is 11.1 Å². The van der Waals surface area contributed by atoms with Crippen LogP contribution in [0.2, 0.25) is 5.02 Å². The van der Waals surface area contributed by atoms with E-state index in [4.69, 9.17) is 22.4 Å². The number of carbonyl (C=O) groups is 1. The lowest BCUT2D eigenvalue weighted by Gasteiger charge is -2.15. The highest BCUT2D eigenvalue weighted by atomic mass is 35.5. The molecule has 1 heterocycles. The highest BCUT2D eigenvalue weighted by Crippen LogP contribution is 2.23. The molecule has 0 saturated carbocycles. The number of nitrogens with one attached hydrogen (secondary N) is 1. The minimum absolute atomic E-state index is 0.118. The zero-order valence-corrected chi connectivity index (χ0v) is 11.4. The van der Waals surface area contributed by atoms with Gasteiger partial charge in [0.1, 0.15) is 0 Å². The number of anilines is 2. The van der Waals surface area contributed by atoms with Gasteiger partial charge in [0.15, 0.2) is 0 Å². The monoisotopic (exact) mass is 283 g/mol. The zero-order valence-electron chi connectivity index (χ0n) is 10.6. The Hall–Kier alpha value is -1.30. The Morgan fingerprint density at radius 3 is 3.05 bits per heavy atom. The number of nitrogens with zero attached hydrogens (tertiary/aromatic N) is 1. The van der Waals surface area contributed by atoms with Crippen molar-refractivity contribution in [3.63, 3.8) is 0 Å². The van der Waals surface area contributed by atoms with Crippen molar-refractivity contribution >= 4 is 28.9 Å². The predicted octanol–water partition coefficient (Wildman–Crippen LogP) is 1.17. The quantitative estimate of drug-likeness (QED) is 0.725. The average molecular weight is 284 g/mol. The van der Waals surface area contributed by atoms with Crippen molar-refractivity contribution in [2.45, 2.75) is 6.42 Å². The Morgan fingerprint density at radius 2 is 2.37 bits per heavy atom. The van der Waals surface area contributed by atoms with Crippen LogP contribution in [0.15, 0.2) is 18.2 Å². The molecule has 2 rings (SSSR count). The van der Waals surface area contributed by atoms with Gasteiger partial charge >= 0.3 is 0 Å². The van der Waals surface area contributed by atoms with E-state index in [9.17, 15) is 4.79 Å². The number of likely N-dealkylation sites (tertiary alicyclic amines) is 1. The van der Waals surface area contributed by atoms with Gasteiger partial charge < -0.3 is 16.2 Å². The molecule has 1 amide bonds. The lowest BCUT2D eigenvalue weighted by atomic mass is 10.1. The summed E-state index contributed by atoms with van der Waals surface area (Å²) >= 11 is 5.86. The summed E-state index contributed by atoms with van der Waals surface area (Å²) in [6.45, 7) is 2.08. The van der Waals surface area contributed by atoms with Gasteiger partial charge in [-0.3, -0.25) is 9.69 Å². The van der Waals surface area contributed by atoms with E-state index in [1.807, 2.05) is 4.90 Å². The predicted molar refractivity (Wildman–Crippen MR) is 76.1 cm³/mol. The first-order valence-corrected chi connectivity index (χ1v) is 6.64. The number of carbonyl (C=O) groups excluding carboxylic acids is 1. The van der Waals surface area contributed by atoms with Crippen molar-refractivity contribution in [1.29, 1.82) is 0 Å². The molecular formula is C13H18ClN3O2. The first-order chi connectivity index (χ1) is 9.08. The molecule has 1 saturated heterocycles. The van der Waals surface area contributed by atoms with Crippen LogP contribution in [0.5, 0.6) is 0 Å². The average Bonchev–Trinajstić information content (AvgIpc) is 2.81. The summed E-state index contributed by atoms with van der Waals surface area (Å²) in [5.74, 6) is 0.164. The molecule has 0 spiro atoms. The van der Waals surface area contributed by atoms with Crippen LogP contribution in [-0.4, -0.2) is 42.2 Å². The number of nitrogen functional groups attached to an aromatic ring is 1. The number of hydrogen-bond acceptors (Lipinski definition) is 4. The lowest BCUT2D eigenvalue weighted by molar-refractivity contribution is -0.117. The summed E-state index contributed by atoms with van der Waals surface area (Å²) < 4.78 is 0. The molecule has 0 aromatic heterocycles. The maximum atomic E-state index is 11.9. The minimum Gasteiger partial charge on any atom is -0.397 e. The van der Waals surface area contributed by atoms with E-state index < -0.39 is 0 Å². The van der Waals surface area contributed by atoms with E-state index in [1.54, 1.807) is 18.2 Å². The Bertz CT molecular complexity index is 467. The zero-order chi connectivity index (χ0) is 13.8. The highest BCUT2D eigenvalue weighted by Gasteiger charge is 2.23. The molecular weight excluding hydrogens is 266 g/mol. The number of amides is 1. The van der Waals surface area contributed by atoms with Crippen LogP contribution in [0, 0.1) is 5.92 Å². The summed E-state index contributed by atoms with van der Waals surface area (Å²) in [6.07, 6.45) is 0.934. The smallest absolute Gasteiger partial charge is 0.238 e. The van der Waals surface area contributed by atoms with E-state index in [1.165, 1.54) is 0 Å². The molecule has 1 aliphatic heterocycles. The number of halogens is 1. The molecule has 0 bridgehead atoms. The third kappa shape index (κ3) is 3.83. The molecule has 1 atom stereocenters. The van der Waals surface area contributed by atoms with Gasteiger partial charge in [-0.2, -0.15) is 0 Å². The third-order valence-corrected chi connectivity index (χ3v) is 3.52. The Labute approximate surface area is 117 Å². The van der Waals surface area contributed by atoms with Crippen LogP contribution >= 0.6 is 11.6 Å². The molecule has 0 aliphatic carbocycles. The van der Waals surface area contributed by atoms with Crippen molar-refractivity contribution in [1.82, 2.24) is 4.90 Å². The topological polar surface area (TPSA) is 78.6 Å². The van der Waals surface area contributed by atoms with Crippen LogP contribution in [0.25, 0.3) is 0 Å². The highest BCUT2D eigenvalue weighted by molar-refractivity contribution is 6.31. The van der Waals surface area contributed by atoms with Crippen LogP contribution in [-0.2, 0) is 4.79 Å². The third-order valence-electron chi connectivity index (χ3n) is 3.28. The summed E-state index contributed by atoms with van der Waals surface area (Å²) in [7, 11) is 0. The van der Waals surface area contributed by atoms with Gasteiger partial charge in [-0.05, 0) is 37.1 Å². The fourth-order valence-corrected chi connectivity index (χ4v) is 2.41. The standard InChI is InChI=1S/C13H18ClN3O2/c14-10-1-2-11(15)12(5-10)16-13(19)7-17-4-3-9(6-17)8-18/h1-2,5,9,18H,3-4,6-8,15H2,(H,16,19). The van der Waals surface area contributed by atoms with E-state index in [0.29, 0.717) is 22.9 Å². The molecule has 1 aromatic rings. The van der Waals surface area contributed by atoms with Gasteiger partial charge in [0.25, 0.3) is 0 Å². The molecule has 104 valence electrons. The number of rotatable bonds is 4. The van der Waals surface area contributed by atoms with Crippen molar-refractivity contribution in [3.8, 4) is 0 Å². The first kappa shape index (κ1) is 14.1. The van der Waals surface area contributed by atoms with Crippen molar-refractivity contribution < 1.29 is 9.90 Å². The Kier molecular flexibility index (Phi) is 4.63. The van der Waals surface area contributed by atoms with Gasteiger partial charge in [0.05, 0.1) is 17.9 Å². The van der Waals surface area contributed by atoms with E-state index in [-0.39, 0.29) is 18.4 Å². The van der Waals surface area contributed by atoms with Crippen molar-refractivity contribution in [2.24, 2.45) is 5.92 Å². The molecule has 1 aliphatic rings. The molecule has 1 fully saturated rings. The minimum atomic E-state index is -0.118. The summed E-state index contributed by atoms with van der Waals surface area (Å²) in [5.41, 5.74) is 6.80. The second kappa shape index (κ2) is 6.23. The molecule has 6 heteroatoms. The Morgan fingerprint density at radius 1 is 1.58 bits per heavy atom. The van der Waals surface area contributed by atoms with Crippen LogP contribution in [0.1, 0.15) is 6.42 Å². The van der Waals surface area contributed by atoms with Gasteiger partial charge in [-0.15, -0.1) is 0 Å². The number of hydrogen-bond donors (Lipinski definition) is 3. The van der Waals surface area contributed by atoms with E-state index in [0.717, 1.165) is 19.5 Å². The van der Waals surface area contributed by atoms with E-state index >= 15 is 0 Å². The normalized spacial score (nSPS) is 19.6. The second-order valence-electron chi connectivity index (χ2n) is 4.85. The largest absolute Gasteiger partial charge is 0.397 e. The first-order valence-electron chi connectivity index (χ1n) is 6.26. The summed E-state index contributed by atoms with van der Waals surface area (Å²) in [4.78, 5) is 13.9. The van der Waals surface area contributed by atoms with Crippen molar-refractivity contribution in [3.05, 3.63) is 23.2 Å². The van der Waals surface area contributed by atoms with Gasteiger partial charge in [0, 0.05) is 18.2 Å². The number of benzene rings is 1. The Balaban J connectivity index is 1.89. The van der Waals surface area contributed by atoms with Crippen LogP contribution in [0.3, 0.4) is 0 Å². The molecule has 4 N–H and O–H groups in total. The number of aliphatic hydroxyl groups is 1.